The third kappa shape index (κ3) is 3.04. The van der Waals surface area contributed by atoms with Gasteiger partial charge in [0.15, 0.2) is 5.16 Å². The van der Waals surface area contributed by atoms with Crippen LogP contribution in [0, 0.1) is 25.2 Å². The number of imidazole rings is 1. The van der Waals surface area contributed by atoms with Gasteiger partial charge in [-0.1, -0.05) is 11.8 Å². The molecule has 3 nitrogen and oxygen atoms in total. The highest BCUT2D eigenvalue weighted by Crippen LogP contribution is 2.40. The topological polar surface area (TPSA) is 41.6 Å². The van der Waals surface area contributed by atoms with Crippen LogP contribution < -0.4 is 0 Å². The van der Waals surface area contributed by atoms with Gasteiger partial charge in [-0.2, -0.15) is 5.26 Å². The summed E-state index contributed by atoms with van der Waals surface area (Å²) in [7, 11) is 0. The summed E-state index contributed by atoms with van der Waals surface area (Å²) in [5.74, 6) is 1.07. The van der Waals surface area contributed by atoms with Crippen molar-refractivity contribution >= 4 is 11.8 Å². The molecule has 0 unspecified atom stereocenters. The SMILES string of the molecule is Cc1nc(SCCCCC#N)n(C2CC2)c1C. The molecule has 1 saturated carbocycles. The Morgan fingerprint density at radius 3 is 2.82 bits per heavy atom. The van der Waals surface area contributed by atoms with Gasteiger partial charge in [0.1, 0.15) is 0 Å². The van der Waals surface area contributed by atoms with E-state index < -0.39 is 0 Å². The quantitative estimate of drug-likeness (QED) is 0.571. The molecule has 0 radical (unpaired) electrons. The van der Waals surface area contributed by atoms with Crippen LogP contribution in [-0.2, 0) is 0 Å². The molecule has 2 rings (SSSR count). The van der Waals surface area contributed by atoms with E-state index >= 15 is 0 Å². The van der Waals surface area contributed by atoms with Crippen molar-refractivity contribution in [3.8, 4) is 6.07 Å². The van der Waals surface area contributed by atoms with Crippen LogP contribution in [0.1, 0.15) is 49.5 Å². The maximum absolute atomic E-state index is 8.47. The first-order valence-electron chi connectivity index (χ1n) is 6.29. The van der Waals surface area contributed by atoms with Gasteiger partial charge in [0.25, 0.3) is 0 Å². The second-order valence-electron chi connectivity index (χ2n) is 4.63. The number of hydrogen-bond donors (Lipinski definition) is 0. The zero-order valence-electron chi connectivity index (χ0n) is 10.6. The van der Waals surface area contributed by atoms with Crippen LogP contribution in [0.2, 0.25) is 0 Å². The van der Waals surface area contributed by atoms with Crippen LogP contribution in [0.3, 0.4) is 0 Å². The van der Waals surface area contributed by atoms with Crippen molar-refractivity contribution in [1.82, 2.24) is 9.55 Å². The van der Waals surface area contributed by atoms with E-state index in [2.05, 4.69) is 29.5 Å². The third-order valence-electron chi connectivity index (χ3n) is 3.18. The van der Waals surface area contributed by atoms with E-state index in [0.717, 1.165) is 24.3 Å². The first-order chi connectivity index (χ1) is 8.24. The zero-order chi connectivity index (χ0) is 12.3. The molecule has 1 fully saturated rings. The standard InChI is InChI=1S/C13H19N3S/c1-10-11(2)16(12-6-7-12)13(15-10)17-9-5-3-4-8-14/h12H,3-7,9H2,1-2H3. The Bertz CT molecular complexity index is 427. The second-order valence-corrected chi connectivity index (χ2v) is 5.69. The van der Waals surface area contributed by atoms with Gasteiger partial charge in [-0.3, -0.25) is 0 Å². The molecular formula is C13H19N3S. The first kappa shape index (κ1) is 12.5. The summed E-state index contributed by atoms with van der Waals surface area (Å²) in [6.07, 6.45) is 5.40. The molecule has 0 amide bonds. The van der Waals surface area contributed by atoms with E-state index in [1.54, 1.807) is 0 Å². The molecule has 0 atom stereocenters. The highest BCUT2D eigenvalue weighted by atomic mass is 32.2. The highest BCUT2D eigenvalue weighted by Gasteiger charge is 2.28. The van der Waals surface area contributed by atoms with E-state index in [1.165, 1.54) is 23.7 Å². The molecule has 1 heterocycles. The van der Waals surface area contributed by atoms with E-state index in [-0.39, 0.29) is 0 Å². The molecule has 1 aliphatic carbocycles. The first-order valence-corrected chi connectivity index (χ1v) is 7.27. The average Bonchev–Trinajstić information content (AvgIpc) is 3.09. The van der Waals surface area contributed by atoms with Crippen molar-refractivity contribution < 1.29 is 0 Å². The van der Waals surface area contributed by atoms with Crippen LogP contribution >= 0.6 is 11.8 Å². The summed E-state index contributed by atoms with van der Waals surface area (Å²) < 4.78 is 2.41. The van der Waals surface area contributed by atoms with Crippen LogP contribution in [-0.4, -0.2) is 15.3 Å². The summed E-state index contributed by atoms with van der Waals surface area (Å²) >= 11 is 1.84. The maximum Gasteiger partial charge on any atom is 0.168 e. The number of rotatable bonds is 6. The Morgan fingerprint density at radius 1 is 1.41 bits per heavy atom. The van der Waals surface area contributed by atoms with E-state index in [9.17, 15) is 0 Å². The molecule has 0 bridgehead atoms. The fraction of sp³-hybridized carbons (Fsp3) is 0.692. The number of nitriles is 1. The molecule has 1 aliphatic rings. The number of aromatic nitrogens is 2. The number of hydrogen-bond acceptors (Lipinski definition) is 3. The Morgan fingerprint density at radius 2 is 2.18 bits per heavy atom. The van der Waals surface area contributed by atoms with Gasteiger partial charge < -0.3 is 4.57 Å². The average molecular weight is 249 g/mol. The van der Waals surface area contributed by atoms with E-state index in [0.29, 0.717) is 12.5 Å². The molecule has 1 aromatic heterocycles. The van der Waals surface area contributed by atoms with Crippen LogP contribution in [0.4, 0.5) is 0 Å². The van der Waals surface area contributed by atoms with Gasteiger partial charge in [-0.15, -0.1) is 0 Å². The zero-order valence-corrected chi connectivity index (χ0v) is 11.4. The molecule has 0 N–H and O–H groups in total. The number of nitrogens with zero attached hydrogens (tertiary/aromatic N) is 3. The Kier molecular flexibility index (Phi) is 4.11. The van der Waals surface area contributed by atoms with Crippen molar-refractivity contribution in [2.24, 2.45) is 0 Å². The van der Waals surface area contributed by atoms with E-state index in [4.69, 9.17) is 5.26 Å². The van der Waals surface area contributed by atoms with Gasteiger partial charge >= 0.3 is 0 Å². The van der Waals surface area contributed by atoms with Gasteiger partial charge in [0.2, 0.25) is 0 Å². The highest BCUT2D eigenvalue weighted by molar-refractivity contribution is 7.99. The predicted molar refractivity (Wildman–Crippen MR) is 70.2 cm³/mol. The predicted octanol–water partition coefficient (Wildman–Crippen LogP) is 3.62. The molecule has 0 aliphatic heterocycles. The van der Waals surface area contributed by atoms with Crippen LogP contribution in [0.25, 0.3) is 0 Å². The number of thioether (sulfide) groups is 1. The minimum atomic E-state index is 0.676. The van der Waals surface area contributed by atoms with Crippen molar-refractivity contribution in [2.75, 3.05) is 5.75 Å². The molecule has 4 heteroatoms. The van der Waals surface area contributed by atoms with Crippen LogP contribution in [0.5, 0.6) is 0 Å². The summed E-state index contributed by atoms with van der Waals surface area (Å²) in [5, 5.41) is 9.65. The van der Waals surface area contributed by atoms with E-state index in [1.807, 2.05) is 11.8 Å². The summed E-state index contributed by atoms with van der Waals surface area (Å²) in [5.41, 5.74) is 2.49. The number of aryl methyl sites for hydroxylation is 1. The molecule has 0 spiro atoms. The smallest absolute Gasteiger partial charge is 0.168 e. The second kappa shape index (κ2) is 5.59. The molecule has 1 aromatic rings. The minimum Gasteiger partial charge on any atom is -0.320 e. The molecule has 17 heavy (non-hydrogen) atoms. The minimum absolute atomic E-state index is 0.676. The normalized spacial score (nSPS) is 14.9. The molecular weight excluding hydrogens is 230 g/mol. The van der Waals surface area contributed by atoms with Crippen molar-refractivity contribution in [3.05, 3.63) is 11.4 Å². The Balaban J connectivity index is 1.91. The van der Waals surface area contributed by atoms with Gasteiger partial charge in [0.05, 0.1) is 11.8 Å². The fourth-order valence-corrected chi connectivity index (χ4v) is 3.09. The van der Waals surface area contributed by atoms with Gasteiger partial charge in [-0.25, -0.2) is 4.98 Å². The monoisotopic (exact) mass is 249 g/mol. The Hall–Kier alpha value is -0.950. The molecule has 0 aromatic carbocycles. The van der Waals surface area contributed by atoms with Gasteiger partial charge in [-0.05, 0) is 39.5 Å². The summed E-state index contributed by atoms with van der Waals surface area (Å²) in [4.78, 5) is 4.65. The van der Waals surface area contributed by atoms with Crippen molar-refractivity contribution in [3.63, 3.8) is 0 Å². The summed E-state index contributed by atoms with van der Waals surface area (Å²) in [6.45, 7) is 4.26. The van der Waals surface area contributed by atoms with Crippen molar-refractivity contribution in [1.29, 1.82) is 5.26 Å². The number of unbranched alkanes of at least 4 members (excludes halogenated alkanes) is 2. The lowest BCUT2D eigenvalue weighted by atomic mass is 10.3. The lowest BCUT2D eigenvalue weighted by Crippen LogP contribution is -1.99. The lowest BCUT2D eigenvalue weighted by molar-refractivity contribution is 0.644. The maximum atomic E-state index is 8.47. The largest absolute Gasteiger partial charge is 0.320 e. The van der Waals surface area contributed by atoms with Gasteiger partial charge in [0, 0.05) is 23.9 Å². The molecule has 92 valence electrons. The lowest BCUT2D eigenvalue weighted by Gasteiger charge is -2.07. The third-order valence-corrected chi connectivity index (χ3v) is 4.22. The fourth-order valence-electron chi connectivity index (χ4n) is 1.93. The summed E-state index contributed by atoms with van der Waals surface area (Å²) in [6, 6.07) is 2.90. The van der Waals surface area contributed by atoms with Crippen LogP contribution in [0.15, 0.2) is 5.16 Å². The Labute approximate surface area is 107 Å². The molecule has 0 saturated heterocycles. The van der Waals surface area contributed by atoms with Crippen molar-refractivity contribution in [2.45, 2.75) is 57.1 Å².